The fourth-order valence-electron chi connectivity index (χ4n) is 1.01. The van der Waals surface area contributed by atoms with E-state index in [-0.39, 0.29) is 34.2 Å². The molecule has 5 heteroatoms. The molecule has 1 rings (SSSR count). The van der Waals surface area contributed by atoms with Gasteiger partial charge in [-0.15, -0.1) is 11.6 Å². The molecule has 1 aromatic carbocycles. The molecule has 0 unspecified atom stereocenters. The topological polar surface area (TPSA) is 87.1 Å². The summed E-state index contributed by atoms with van der Waals surface area (Å²) >= 11 is 5.33. The Morgan fingerprint density at radius 2 is 2.29 bits per heavy atom. The third kappa shape index (κ3) is 1.78. The fraction of sp³-hybridized carbons (Fsp3) is 0.111. The highest BCUT2D eigenvalue weighted by Gasteiger charge is 2.12. The molecular formula is C9H7ClN2O2. The number of nitriles is 1. The van der Waals surface area contributed by atoms with Crippen LogP contribution in [0.1, 0.15) is 15.9 Å². The van der Waals surface area contributed by atoms with Crippen LogP contribution in [0.5, 0.6) is 5.75 Å². The lowest BCUT2D eigenvalue weighted by Crippen LogP contribution is -2.05. The second kappa shape index (κ2) is 3.99. The first kappa shape index (κ1) is 10.4. The number of nitrogens with two attached hydrogens (primary N) is 1. The summed E-state index contributed by atoms with van der Waals surface area (Å²) in [6.45, 7) is 0. The van der Waals surface area contributed by atoms with Crippen LogP contribution in [0.25, 0.3) is 0 Å². The number of halogens is 1. The highest BCUT2D eigenvalue weighted by Crippen LogP contribution is 2.24. The molecule has 0 spiro atoms. The van der Waals surface area contributed by atoms with Crippen molar-refractivity contribution < 1.29 is 9.90 Å². The third-order valence-electron chi connectivity index (χ3n) is 1.71. The number of carbonyl (C=O) groups excluding carboxylic acids is 1. The summed E-state index contributed by atoms with van der Waals surface area (Å²) in [7, 11) is 0. The molecule has 1 aromatic rings. The Labute approximate surface area is 85.5 Å². The van der Waals surface area contributed by atoms with Crippen molar-refractivity contribution in [1.29, 1.82) is 5.26 Å². The lowest BCUT2D eigenvalue weighted by atomic mass is 10.1. The van der Waals surface area contributed by atoms with Gasteiger partial charge in [0, 0.05) is 11.3 Å². The molecule has 14 heavy (non-hydrogen) atoms. The number of rotatable bonds is 2. The van der Waals surface area contributed by atoms with Gasteiger partial charge < -0.3 is 10.8 Å². The second-order valence-corrected chi connectivity index (χ2v) is 2.89. The molecule has 0 heterocycles. The van der Waals surface area contributed by atoms with Gasteiger partial charge in [-0.25, -0.2) is 0 Å². The van der Waals surface area contributed by atoms with Gasteiger partial charge in [0.15, 0.2) is 5.78 Å². The van der Waals surface area contributed by atoms with E-state index in [4.69, 9.17) is 22.6 Å². The molecule has 72 valence electrons. The average Bonchev–Trinajstić information content (AvgIpc) is 2.19. The van der Waals surface area contributed by atoms with Crippen LogP contribution in [0.3, 0.4) is 0 Å². The maximum atomic E-state index is 11.2. The first-order valence-electron chi connectivity index (χ1n) is 3.72. The number of phenolic OH excluding ortho intramolecular Hbond substituents is 1. The molecule has 4 nitrogen and oxygen atoms in total. The van der Waals surface area contributed by atoms with E-state index in [2.05, 4.69) is 0 Å². The number of benzene rings is 1. The van der Waals surface area contributed by atoms with Crippen molar-refractivity contribution in [3.8, 4) is 11.8 Å². The summed E-state index contributed by atoms with van der Waals surface area (Å²) in [6, 6.07) is 4.14. The predicted octanol–water partition coefficient (Wildman–Crippen LogP) is 1.27. The summed E-state index contributed by atoms with van der Waals surface area (Å²) in [6.07, 6.45) is 0. The van der Waals surface area contributed by atoms with Crippen LogP contribution in [-0.4, -0.2) is 16.8 Å². The number of carbonyl (C=O) groups is 1. The van der Waals surface area contributed by atoms with Gasteiger partial charge in [0.25, 0.3) is 0 Å². The van der Waals surface area contributed by atoms with E-state index >= 15 is 0 Å². The Kier molecular flexibility index (Phi) is 2.95. The number of ketones is 1. The molecule has 0 aliphatic heterocycles. The van der Waals surface area contributed by atoms with E-state index in [0.29, 0.717) is 0 Å². The smallest absolute Gasteiger partial charge is 0.179 e. The van der Waals surface area contributed by atoms with Gasteiger partial charge in [-0.2, -0.15) is 5.26 Å². The quantitative estimate of drug-likeness (QED) is 0.333. The fourth-order valence-corrected chi connectivity index (χ4v) is 1.15. The van der Waals surface area contributed by atoms with E-state index in [1.54, 1.807) is 6.07 Å². The van der Waals surface area contributed by atoms with E-state index in [1.165, 1.54) is 6.07 Å². The zero-order valence-electron chi connectivity index (χ0n) is 7.12. The molecule has 0 aromatic heterocycles. The number of anilines is 1. The minimum absolute atomic E-state index is 0.0358. The second-order valence-electron chi connectivity index (χ2n) is 2.63. The molecule has 0 saturated heterocycles. The molecule has 0 aliphatic rings. The Bertz CT molecular complexity index is 424. The zero-order valence-corrected chi connectivity index (χ0v) is 7.88. The normalized spacial score (nSPS) is 9.43. The Balaban J connectivity index is 3.30. The zero-order chi connectivity index (χ0) is 10.7. The number of Topliss-reactive ketones (excluding diaryl/α,β-unsaturated/α-hetero) is 1. The molecule has 0 radical (unpaired) electrons. The van der Waals surface area contributed by atoms with E-state index in [1.807, 2.05) is 0 Å². The number of aromatic hydroxyl groups is 1. The lowest BCUT2D eigenvalue weighted by molar-refractivity contribution is 0.102. The summed E-state index contributed by atoms with van der Waals surface area (Å²) in [5, 5.41) is 17.8. The van der Waals surface area contributed by atoms with Crippen LogP contribution in [0, 0.1) is 11.3 Å². The van der Waals surface area contributed by atoms with Crippen LogP contribution >= 0.6 is 11.6 Å². The van der Waals surface area contributed by atoms with Crippen LogP contribution in [0.15, 0.2) is 12.1 Å². The number of alkyl halides is 1. The van der Waals surface area contributed by atoms with Gasteiger partial charge in [-0.05, 0) is 12.1 Å². The highest BCUT2D eigenvalue weighted by molar-refractivity contribution is 6.31. The molecule has 0 amide bonds. The van der Waals surface area contributed by atoms with Gasteiger partial charge in [-0.1, -0.05) is 0 Å². The van der Waals surface area contributed by atoms with Crippen molar-refractivity contribution in [2.75, 3.05) is 11.6 Å². The number of phenols is 1. The Morgan fingerprint density at radius 1 is 1.64 bits per heavy atom. The Hall–Kier alpha value is -1.73. The van der Waals surface area contributed by atoms with Gasteiger partial charge in [0.1, 0.15) is 11.8 Å². The minimum atomic E-state index is -0.385. The summed E-state index contributed by atoms with van der Waals surface area (Å²) in [5.74, 6) is -0.866. The van der Waals surface area contributed by atoms with Crippen molar-refractivity contribution in [1.82, 2.24) is 0 Å². The first-order valence-corrected chi connectivity index (χ1v) is 4.25. The van der Waals surface area contributed by atoms with Crippen molar-refractivity contribution >= 4 is 23.1 Å². The molecule has 0 atom stereocenters. The van der Waals surface area contributed by atoms with Crippen molar-refractivity contribution in [2.45, 2.75) is 0 Å². The maximum Gasteiger partial charge on any atom is 0.179 e. The van der Waals surface area contributed by atoms with Crippen molar-refractivity contribution in [3.05, 3.63) is 23.3 Å². The number of nitrogens with zero attached hydrogens (tertiary/aromatic N) is 1. The summed E-state index contributed by atoms with van der Waals surface area (Å²) in [4.78, 5) is 11.2. The molecule has 0 bridgehead atoms. The van der Waals surface area contributed by atoms with Gasteiger partial charge in [0.05, 0.1) is 11.4 Å². The van der Waals surface area contributed by atoms with Crippen LogP contribution < -0.4 is 5.73 Å². The van der Waals surface area contributed by atoms with Crippen molar-refractivity contribution in [2.24, 2.45) is 0 Å². The lowest BCUT2D eigenvalue weighted by Gasteiger charge is -2.04. The van der Waals surface area contributed by atoms with E-state index < -0.39 is 0 Å². The number of nitrogen functional groups attached to an aromatic ring is 1. The number of hydrogen-bond donors (Lipinski definition) is 2. The third-order valence-corrected chi connectivity index (χ3v) is 1.95. The van der Waals surface area contributed by atoms with E-state index in [0.717, 1.165) is 6.07 Å². The standard InChI is InChI=1S/C9H7ClN2O2/c10-3-9(14)6-2-8(13)5(4-11)1-7(6)12/h1-2,13H,3,12H2. The maximum absolute atomic E-state index is 11.2. The first-order chi connectivity index (χ1) is 6.60. The van der Waals surface area contributed by atoms with Crippen LogP contribution in [0.2, 0.25) is 0 Å². The van der Waals surface area contributed by atoms with E-state index in [9.17, 15) is 9.90 Å². The van der Waals surface area contributed by atoms with Gasteiger partial charge in [0.2, 0.25) is 0 Å². The Morgan fingerprint density at radius 3 is 2.79 bits per heavy atom. The van der Waals surface area contributed by atoms with Gasteiger partial charge in [-0.3, -0.25) is 4.79 Å². The van der Waals surface area contributed by atoms with Gasteiger partial charge >= 0.3 is 0 Å². The molecule has 0 aliphatic carbocycles. The van der Waals surface area contributed by atoms with Crippen LogP contribution in [0.4, 0.5) is 5.69 Å². The minimum Gasteiger partial charge on any atom is -0.507 e. The molecular weight excluding hydrogens is 204 g/mol. The SMILES string of the molecule is N#Cc1cc(N)c(C(=O)CCl)cc1O. The average molecular weight is 211 g/mol. The van der Waals surface area contributed by atoms with Crippen LogP contribution in [-0.2, 0) is 0 Å². The predicted molar refractivity (Wildman–Crippen MR) is 52.3 cm³/mol. The molecule has 0 saturated carbocycles. The largest absolute Gasteiger partial charge is 0.507 e. The molecule has 3 N–H and O–H groups in total. The summed E-state index contributed by atoms with van der Waals surface area (Å²) in [5.41, 5.74) is 5.82. The monoisotopic (exact) mass is 210 g/mol. The molecule has 0 fully saturated rings. The van der Waals surface area contributed by atoms with Crippen molar-refractivity contribution in [3.63, 3.8) is 0 Å². The number of hydrogen-bond acceptors (Lipinski definition) is 4. The highest BCUT2D eigenvalue weighted by atomic mass is 35.5. The summed E-state index contributed by atoms with van der Waals surface area (Å²) < 4.78 is 0.